The molecule has 1 aliphatic heterocycles. The maximum absolute atomic E-state index is 13.6. The highest BCUT2D eigenvalue weighted by Crippen LogP contribution is 2.21. The molecular weight excluding hydrogens is 230 g/mol. The molecule has 92 valence electrons. The van der Waals surface area contributed by atoms with Gasteiger partial charge in [-0.2, -0.15) is 0 Å². The van der Waals surface area contributed by atoms with Gasteiger partial charge >= 0.3 is 0 Å². The van der Waals surface area contributed by atoms with E-state index in [1.54, 1.807) is 0 Å². The number of halogens is 2. The number of nitrogen functional groups attached to an aromatic ring is 1. The number of hydrogen-bond acceptors (Lipinski definition) is 3. The molecule has 2 rings (SSSR count). The van der Waals surface area contributed by atoms with Gasteiger partial charge in [-0.25, -0.2) is 13.8 Å². The molecule has 0 unspecified atom stereocenters. The van der Waals surface area contributed by atoms with Crippen molar-refractivity contribution in [2.75, 3.05) is 18.9 Å². The van der Waals surface area contributed by atoms with Crippen molar-refractivity contribution < 1.29 is 18.4 Å². The van der Waals surface area contributed by atoms with Crippen molar-refractivity contribution in [3.05, 3.63) is 29.3 Å². The van der Waals surface area contributed by atoms with Crippen LogP contribution in [0.4, 0.5) is 14.5 Å². The van der Waals surface area contributed by atoms with Gasteiger partial charge in [0.1, 0.15) is 11.4 Å². The Bertz CT molecular complexity index is 445. The van der Waals surface area contributed by atoms with Crippen LogP contribution in [0.5, 0.6) is 0 Å². The van der Waals surface area contributed by atoms with Crippen molar-refractivity contribution in [1.29, 1.82) is 0 Å². The van der Waals surface area contributed by atoms with Gasteiger partial charge in [-0.1, -0.05) is 0 Å². The number of anilines is 1. The second kappa shape index (κ2) is 4.67. The molecule has 1 heterocycles. The van der Waals surface area contributed by atoms with E-state index in [9.17, 15) is 13.6 Å². The fourth-order valence-electron chi connectivity index (χ4n) is 1.65. The highest BCUT2D eigenvalue weighted by atomic mass is 19.1. The van der Waals surface area contributed by atoms with Crippen LogP contribution in [0.15, 0.2) is 12.1 Å². The quantitative estimate of drug-likeness (QED) is 0.763. The number of rotatable bonds is 1. The fourth-order valence-corrected chi connectivity index (χ4v) is 1.65. The molecule has 0 saturated carbocycles. The number of hydrogen-bond donors (Lipinski definition) is 1. The first kappa shape index (κ1) is 11.8. The number of carbonyl (C=O) groups is 1. The van der Waals surface area contributed by atoms with E-state index in [1.807, 2.05) is 0 Å². The highest BCUT2D eigenvalue weighted by molar-refractivity contribution is 5.95. The first-order valence-electron chi connectivity index (χ1n) is 5.29. The Balaban J connectivity index is 2.32. The maximum Gasteiger partial charge on any atom is 0.283 e. The summed E-state index contributed by atoms with van der Waals surface area (Å²) in [7, 11) is 0. The van der Waals surface area contributed by atoms with Crippen molar-refractivity contribution in [2.24, 2.45) is 0 Å². The van der Waals surface area contributed by atoms with E-state index in [4.69, 9.17) is 10.6 Å². The standard InChI is InChI=1S/C11H12F2N2O2/c12-7-3-4-8(14)10(13)9(7)11(16)15-5-1-2-6-17-15/h3-4H,1-2,5-6,14H2. The van der Waals surface area contributed by atoms with E-state index in [0.29, 0.717) is 13.2 Å². The van der Waals surface area contributed by atoms with Crippen molar-refractivity contribution >= 4 is 11.6 Å². The number of nitrogens with two attached hydrogens (primary N) is 1. The Hall–Kier alpha value is -1.69. The third-order valence-electron chi connectivity index (χ3n) is 2.56. The van der Waals surface area contributed by atoms with E-state index in [0.717, 1.165) is 30.0 Å². The largest absolute Gasteiger partial charge is 0.396 e. The van der Waals surface area contributed by atoms with Gasteiger partial charge in [-0.05, 0) is 25.0 Å². The predicted molar refractivity (Wildman–Crippen MR) is 57.0 cm³/mol. The van der Waals surface area contributed by atoms with E-state index in [2.05, 4.69) is 0 Å². The third kappa shape index (κ3) is 2.21. The number of nitrogens with zero attached hydrogens (tertiary/aromatic N) is 1. The van der Waals surface area contributed by atoms with Crippen LogP contribution in [0, 0.1) is 11.6 Å². The molecule has 1 saturated heterocycles. The Labute approximate surface area is 96.9 Å². The summed E-state index contributed by atoms with van der Waals surface area (Å²) >= 11 is 0. The topological polar surface area (TPSA) is 55.6 Å². The van der Waals surface area contributed by atoms with E-state index in [1.165, 1.54) is 0 Å². The van der Waals surface area contributed by atoms with Crippen LogP contribution >= 0.6 is 0 Å². The Morgan fingerprint density at radius 3 is 2.76 bits per heavy atom. The molecule has 4 nitrogen and oxygen atoms in total. The van der Waals surface area contributed by atoms with Gasteiger partial charge in [0, 0.05) is 6.54 Å². The van der Waals surface area contributed by atoms with Crippen LogP contribution in [-0.4, -0.2) is 24.1 Å². The van der Waals surface area contributed by atoms with Crippen LogP contribution in [0.3, 0.4) is 0 Å². The molecule has 17 heavy (non-hydrogen) atoms. The minimum absolute atomic E-state index is 0.258. The number of carbonyl (C=O) groups excluding carboxylic acids is 1. The molecule has 2 N–H and O–H groups in total. The zero-order valence-electron chi connectivity index (χ0n) is 9.08. The summed E-state index contributed by atoms with van der Waals surface area (Å²) in [5.74, 6) is -2.80. The second-order valence-electron chi connectivity index (χ2n) is 3.77. The number of hydroxylamine groups is 2. The van der Waals surface area contributed by atoms with Gasteiger partial charge in [0.05, 0.1) is 12.3 Å². The Morgan fingerprint density at radius 2 is 2.12 bits per heavy atom. The van der Waals surface area contributed by atoms with Gasteiger partial charge in [-0.15, -0.1) is 0 Å². The zero-order valence-corrected chi connectivity index (χ0v) is 9.08. The predicted octanol–water partition coefficient (Wildman–Crippen LogP) is 1.71. The van der Waals surface area contributed by atoms with Gasteiger partial charge in [0.2, 0.25) is 0 Å². The number of amides is 1. The van der Waals surface area contributed by atoms with Crippen molar-refractivity contribution in [3.8, 4) is 0 Å². The van der Waals surface area contributed by atoms with Crippen LogP contribution in [0.25, 0.3) is 0 Å². The first-order chi connectivity index (χ1) is 8.11. The van der Waals surface area contributed by atoms with Gasteiger partial charge in [-0.3, -0.25) is 9.63 Å². The average Bonchev–Trinajstić information content (AvgIpc) is 2.35. The van der Waals surface area contributed by atoms with E-state index >= 15 is 0 Å². The maximum atomic E-state index is 13.6. The lowest BCUT2D eigenvalue weighted by Gasteiger charge is -2.26. The molecule has 0 atom stereocenters. The van der Waals surface area contributed by atoms with Crippen molar-refractivity contribution in [3.63, 3.8) is 0 Å². The molecule has 1 amide bonds. The summed E-state index contributed by atoms with van der Waals surface area (Å²) in [6.45, 7) is 0.698. The summed E-state index contributed by atoms with van der Waals surface area (Å²) in [4.78, 5) is 16.9. The monoisotopic (exact) mass is 242 g/mol. The normalized spacial score (nSPS) is 16.0. The average molecular weight is 242 g/mol. The second-order valence-corrected chi connectivity index (χ2v) is 3.77. The molecule has 6 heteroatoms. The smallest absolute Gasteiger partial charge is 0.283 e. The summed E-state index contributed by atoms with van der Waals surface area (Å²) < 4.78 is 27.0. The van der Waals surface area contributed by atoms with Crippen LogP contribution in [-0.2, 0) is 4.84 Å². The molecule has 0 aliphatic carbocycles. The minimum Gasteiger partial charge on any atom is -0.396 e. The zero-order chi connectivity index (χ0) is 12.4. The summed E-state index contributed by atoms with van der Waals surface area (Å²) in [5.41, 5.74) is 4.39. The lowest BCUT2D eigenvalue weighted by atomic mass is 10.1. The van der Waals surface area contributed by atoms with Crippen LogP contribution in [0.2, 0.25) is 0 Å². The lowest BCUT2D eigenvalue weighted by Crippen LogP contribution is -2.36. The lowest BCUT2D eigenvalue weighted by molar-refractivity contribution is -0.144. The summed E-state index contributed by atoms with van der Waals surface area (Å²) in [6, 6.07) is 2.05. The van der Waals surface area contributed by atoms with Crippen molar-refractivity contribution in [1.82, 2.24) is 5.06 Å². The summed E-state index contributed by atoms with van der Waals surface area (Å²) in [5, 5.41) is 0.977. The minimum atomic E-state index is -1.04. The third-order valence-corrected chi connectivity index (χ3v) is 2.56. The van der Waals surface area contributed by atoms with Gasteiger partial charge < -0.3 is 5.73 Å². The molecule has 1 aliphatic rings. The highest BCUT2D eigenvalue weighted by Gasteiger charge is 2.26. The molecule has 0 spiro atoms. The molecule has 1 aromatic rings. The molecular formula is C11H12F2N2O2. The van der Waals surface area contributed by atoms with E-state index < -0.39 is 23.1 Å². The molecule has 0 bridgehead atoms. The molecule has 0 radical (unpaired) electrons. The van der Waals surface area contributed by atoms with Crippen LogP contribution in [0.1, 0.15) is 23.2 Å². The summed E-state index contributed by atoms with van der Waals surface area (Å²) in [6.07, 6.45) is 1.57. The van der Waals surface area contributed by atoms with Crippen molar-refractivity contribution in [2.45, 2.75) is 12.8 Å². The van der Waals surface area contributed by atoms with Gasteiger partial charge in [0.15, 0.2) is 5.82 Å². The first-order valence-corrected chi connectivity index (χ1v) is 5.29. The fraction of sp³-hybridized carbons (Fsp3) is 0.364. The van der Waals surface area contributed by atoms with E-state index in [-0.39, 0.29) is 5.69 Å². The SMILES string of the molecule is Nc1ccc(F)c(C(=O)N2CCCCO2)c1F. The van der Waals surface area contributed by atoms with Gasteiger partial charge in [0.25, 0.3) is 5.91 Å². The number of benzene rings is 1. The molecule has 1 fully saturated rings. The molecule has 0 aromatic heterocycles. The van der Waals surface area contributed by atoms with Crippen LogP contribution < -0.4 is 5.73 Å². The molecule has 1 aromatic carbocycles. The Kier molecular flexibility index (Phi) is 3.23. The Morgan fingerprint density at radius 1 is 1.35 bits per heavy atom.